The van der Waals surface area contributed by atoms with E-state index in [-0.39, 0.29) is 24.0 Å². The van der Waals surface area contributed by atoms with Gasteiger partial charge in [0, 0.05) is 24.7 Å². The number of nitrogens with one attached hydrogen (secondary N) is 1. The lowest BCUT2D eigenvalue weighted by molar-refractivity contribution is 0.242. The Balaban J connectivity index is 1.42. The van der Waals surface area contributed by atoms with E-state index in [1.165, 1.54) is 29.1 Å². The van der Waals surface area contributed by atoms with Crippen molar-refractivity contribution >= 4 is 22.9 Å². The quantitative estimate of drug-likeness (QED) is 0.477. The van der Waals surface area contributed by atoms with Crippen LogP contribution in [-0.2, 0) is 6.54 Å². The molecule has 1 aliphatic rings. The minimum Gasteiger partial charge on any atom is -0.349 e. The molecule has 3 heterocycles. The van der Waals surface area contributed by atoms with Crippen LogP contribution in [0.3, 0.4) is 0 Å². The van der Waals surface area contributed by atoms with Crippen LogP contribution < -0.4 is 10.2 Å². The van der Waals surface area contributed by atoms with E-state index >= 15 is 0 Å². The van der Waals surface area contributed by atoms with E-state index < -0.39 is 17.7 Å². The monoisotopic (exact) mass is 451 g/mol. The molecule has 1 amide bonds. The van der Waals surface area contributed by atoms with Gasteiger partial charge in [0.05, 0.1) is 17.8 Å². The first kappa shape index (κ1) is 21.0. The van der Waals surface area contributed by atoms with E-state index in [0.29, 0.717) is 35.4 Å². The summed E-state index contributed by atoms with van der Waals surface area (Å²) < 4.78 is 42.9. The van der Waals surface area contributed by atoms with Crippen molar-refractivity contribution < 1.29 is 18.0 Å². The maximum Gasteiger partial charge on any atom is 0.327 e. The van der Waals surface area contributed by atoms with Crippen molar-refractivity contribution in [1.29, 1.82) is 0 Å². The number of aromatic nitrogens is 3. The number of pyridine rings is 1. The summed E-state index contributed by atoms with van der Waals surface area (Å²) in [6.45, 7) is 0.778. The van der Waals surface area contributed by atoms with Crippen molar-refractivity contribution in [2.24, 2.45) is 0 Å². The highest BCUT2D eigenvalue weighted by atomic mass is 19.1. The number of hydrogen-bond acceptors (Lipinski definition) is 4. The Labute approximate surface area is 187 Å². The lowest BCUT2D eigenvalue weighted by Crippen LogP contribution is -2.28. The lowest BCUT2D eigenvalue weighted by atomic mass is 10.0. The Bertz CT molecular complexity index is 1340. The molecule has 1 atom stereocenters. The minimum absolute atomic E-state index is 0.154. The van der Waals surface area contributed by atoms with Crippen molar-refractivity contribution in [3.05, 3.63) is 89.6 Å². The molecule has 2 aromatic carbocycles. The zero-order valence-electron chi connectivity index (χ0n) is 17.5. The number of benzene rings is 2. The molecule has 0 spiro atoms. The normalized spacial score (nSPS) is 15.8. The standard InChI is InChI=1S/C24H20F3N5O/c25-16-4-1-3-15(9-16)12-29-24(33)32-14-30-20-13-28-23(11-22(20)32)31-8-2-5-21(31)18-10-17(26)6-7-19(18)27/h1,3-4,6-7,9-11,13-14,21H,2,5,8,12H2,(H,29,33)/t21-/m1/s1. The van der Waals surface area contributed by atoms with Gasteiger partial charge < -0.3 is 10.2 Å². The second kappa shape index (κ2) is 8.57. The fraction of sp³-hybridized carbons (Fsp3) is 0.208. The topological polar surface area (TPSA) is 63.1 Å². The van der Waals surface area contributed by atoms with Gasteiger partial charge in [0.15, 0.2) is 0 Å². The molecule has 0 bridgehead atoms. The molecule has 1 saturated heterocycles. The SMILES string of the molecule is O=C(NCc1cccc(F)c1)n1cnc2cnc(N3CCC[C@@H]3c3cc(F)ccc3F)cc21. The molecule has 0 aliphatic carbocycles. The number of rotatable bonds is 4. The van der Waals surface area contributed by atoms with Crippen LogP contribution in [0.4, 0.5) is 23.8 Å². The molecule has 0 saturated carbocycles. The molecule has 168 valence electrons. The van der Waals surface area contributed by atoms with Crippen LogP contribution in [0.15, 0.2) is 61.1 Å². The summed E-state index contributed by atoms with van der Waals surface area (Å²) in [5.41, 5.74) is 1.97. The van der Waals surface area contributed by atoms with Gasteiger partial charge in [-0.1, -0.05) is 12.1 Å². The zero-order chi connectivity index (χ0) is 22.9. The van der Waals surface area contributed by atoms with E-state index in [1.54, 1.807) is 24.4 Å². The highest BCUT2D eigenvalue weighted by Crippen LogP contribution is 2.37. The van der Waals surface area contributed by atoms with Crippen LogP contribution in [-0.4, -0.2) is 27.1 Å². The van der Waals surface area contributed by atoms with Gasteiger partial charge in [-0.25, -0.2) is 27.9 Å². The van der Waals surface area contributed by atoms with Crippen LogP contribution in [0.1, 0.15) is 30.0 Å². The summed E-state index contributed by atoms with van der Waals surface area (Å²) in [6, 6.07) is 10.4. The molecule has 9 heteroatoms. The summed E-state index contributed by atoms with van der Waals surface area (Å²) in [5, 5.41) is 2.75. The molecule has 0 unspecified atom stereocenters. The van der Waals surface area contributed by atoms with Crippen LogP contribution >= 0.6 is 0 Å². The molecule has 2 aromatic heterocycles. The van der Waals surface area contributed by atoms with E-state index in [4.69, 9.17) is 0 Å². The Morgan fingerprint density at radius 2 is 1.91 bits per heavy atom. The Kier molecular flexibility index (Phi) is 5.45. The average Bonchev–Trinajstić information content (AvgIpc) is 3.46. The van der Waals surface area contributed by atoms with Gasteiger partial charge in [-0.15, -0.1) is 0 Å². The summed E-state index contributed by atoms with van der Waals surface area (Å²) >= 11 is 0. The fourth-order valence-electron chi connectivity index (χ4n) is 4.26. The van der Waals surface area contributed by atoms with Gasteiger partial charge in [0.2, 0.25) is 0 Å². The largest absolute Gasteiger partial charge is 0.349 e. The third kappa shape index (κ3) is 4.13. The minimum atomic E-state index is -0.491. The molecule has 1 N–H and O–H groups in total. The molecule has 33 heavy (non-hydrogen) atoms. The van der Waals surface area contributed by atoms with E-state index in [9.17, 15) is 18.0 Å². The third-order valence-electron chi connectivity index (χ3n) is 5.83. The van der Waals surface area contributed by atoms with Gasteiger partial charge in [-0.3, -0.25) is 4.57 Å². The summed E-state index contributed by atoms with van der Waals surface area (Å²) in [6.07, 6.45) is 4.41. The molecule has 4 aromatic rings. The van der Waals surface area contributed by atoms with Crippen LogP contribution in [0.25, 0.3) is 11.0 Å². The van der Waals surface area contributed by atoms with Crippen molar-refractivity contribution in [1.82, 2.24) is 19.9 Å². The van der Waals surface area contributed by atoms with Crippen molar-refractivity contribution in [2.75, 3.05) is 11.4 Å². The number of halogens is 3. The molecule has 6 nitrogen and oxygen atoms in total. The van der Waals surface area contributed by atoms with Crippen LogP contribution in [0, 0.1) is 17.5 Å². The lowest BCUT2D eigenvalue weighted by Gasteiger charge is -2.26. The van der Waals surface area contributed by atoms with Crippen LogP contribution in [0.5, 0.6) is 0 Å². The summed E-state index contributed by atoms with van der Waals surface area (Å²) in [4.78, 5) is 23.4. The number of carbonyl (C=O) groups is 1. The van der Waals surface area contributed by atoms with Gasteiger partial charge in [0.25, 0.3) is 0 Å². The predicted octanol–water partition coefficient (Wildman–Crippen LogP) is 4.95. The number of anilines is 1. The van der Waals surface area contributed by atoms with Crippen molar-refractivity contribution in [3.8, 4) is 0 Å². The molecule has 1 fully saturated rings. The van der Waals surface area contributed by atoms with Gasteiger partial charge >= 0.3 is 6.03 Å². The second-order valence-corrected chi connectivity index (χ2v) is 7.95. The number of carbonyl (C=O) groups excluding carboxylic acids is 1. The zero-order valence-corrected chi connectivity index (χ0v) is 17.5. The number of hydrogen-bond donors (Lipinski definition) is 1. The first-order valence-electron chi connectivity index (χ1n) is 10.6. The summed E-state index contributed by atoms with van der Waals surface area (Å²) in [5.74, 6) is -0.778. The molecular formula is C24H20F3N5O. The smallest absolute Gasteiger partial charge is 0.327 e. The van der Waals surface area contributed by atoms with Gasteiger partial charge in [-0.05, 0) is 48.7 Å². The fourth-order valence-corrected chi connectivity index (χ4v) is 4.26. The van der Waals surface area contributed by atoms with Crippen LogP contribution in [0.2, 0.25) is 0 Å². The van der Waals surface area contributed by atoms with Gasteiger partial charge in [0.1, 0.15) is 35.1 Å². The molecule has 1 aliphatic heterocycles. The molecule has 5 rings (SSSR count). The summed E-state index contributed by atoms with van der Waals surface area (Å²) in [7, 11) is 0. The number of nitrogens with zero attached hydrogens (tertiary/aromatic N) is 4. The maximum atomic E-state index is 14.4. The first-order valence-corrected chi connectivity index (χ1v) is 10.6. The Hall–Kier alpha value is -3.88. The molecule has 0 radical (unpaired) electrons. The number of amides is 1. The number of imidazole rings is 1. The molecular weight excluding hydrogens is 431 g/mol. The van der Waals surface area contributed by atoms with Gasteiger partial charge in [-0.2, -0.15) is 0 Å². The predicted molar refractivity (Wildman–Crippen MR) is 117 cm³/mol. The third-order valence-corrected chi connectivity index (χ3v) is 5.83. The van der Waals surface area contributed by atoms with E-state index in [1.807, 2.05) is 4.90 Å². The van der Waals surface area contributed by atoms with Crippen molar-refractivity contribution in [2.45, 2.75) is 25.4 Å². The first-order chi connectivity index (χ1) is 16.0. The second-order valence-electron chi connectivity index (χ2n) is 7.95. The van der Waals surface area contributed by atoms with E-state index in [0.717, 1.165) is 18.6 Å². The van der Waals surface area contributed by atoms with E-state index in [2.05, 4.69) is 15.3 Å². The Morgan fingerprint density at radius 3 is 2.76 bits per heavy atom. The van der Waals surface area contributed by atoms with Crippen molar-refractivity contribution in [3.63, 3.8) is 0 Å². The highest BCUT2D eigenvalue weighted by molar-refractivity contribution is 5.90. The average molecular weight is 451 g/mol. The highest BCUT2D eigenvalue weighted by Gasteiger charge is 2.30. The number of fused-ring (bicyclic) bond motifs is 1. The Morgan fingerprint density at radius 1 is 1.06 bits per heavy atom. The maximum absolute atomic E-state index is 14.4.